The van der Waals surface area contributed by atoms with Crippen LogP contribution in [0.3, 0.4) is 0 Å². The summed E-state index contributed by atoms with van der Waals surface area (Å²) in [5.41, 5.74) is 2.13. The third-order valence-electron chi connectivity index (χ3n) is 2.54. The van der Waals surface area contributed by atoms with Crippen molar-refractivity contribution in [3.8, 4) is 11.5 Å². The van der Waals surface area contributed by atoms with Crippen LogP contribution in [0.1, 0.15) is 0 Å². The molecule has 15 heavy (non-hydrogen) atoms. The van der Waals surface area contributed by atoms with E-state index < -0.39 is 0 Å². The molecule has 1 aromatic carbocycles. The van der Waals surface area contributed by atoms with E-state index in [4.69, 9.17) is 4.52 Å². The van der Waals surface area contributed by atoms with Crippen LogP contribution in [-0.2, 0) is 7.05 Å². The highest BCUT2D eigenvalue weighted by molar-refractivity contribution is 5.85. The third-order valence-corrected chi connectivity index (χ3v) is 2.54. The van der Waals surface area contributed by atoms with E-state index in [1.807, 2.05) is 19.2 Å². The summed E-state index contributed by atoms with van der Waals surface area (Å²) in [6.45, 7) is 0. The first-order chi connectivity index (χ1) is 7.36. The Labute approximate surface area is 86.1 Å². The molecular formula is C11H9N3O. The van der Waals surface area contributed by atoms with Gasteiger partial charge in [0.1, 0.15) is 0 Å². The zero-order valence-corrected chi connectivity index (χ0v) is 8.21. The fourth-order valence-corrected chi connectivity index (χ4v) is 1.79. The van der Waals surface area contributed by atoms with Crippen LogP contribution in [0.25, 0.3) is 22.4 Å². The van der Waals surface area contributed by atoms with Gasteiger partial charge >= 0.3 is 0 Å². The van der Waals surface area contributed by atoms with E-state index in [0.717, 1.165) is 11.2 Å². The summed E-state index contributed by atoms with van der Waals surface area (Å²) in [7, 11) is 1.99. The number of benzene rings is 1. The molecule has 0 amide bonds. The molecule has 4 nitrogen and oxygen atoms in total. The van der Waals surface area contributed by atoms with Crippen LogP contribution >= 0.6 is 0 Å². The lowest BCUT2D eigenvalue weighted by Gasteiger charge is -1.98. The quantitative estimate of drug-likeness (QED) is 0.603. The summed E-state index contributed by atoms with van der Waals surface area (Å²) < 4.78 is 6.80. The average molecular weight is 199 g/mol. The minimum Gasteiger partial charge on any atom is -0.342 e. The van der Waals surface area contributed by atoms with Crippen LogP contribution in [0.2, 0.25) is 0 Å². The first kappa shape index (κ1) is 8.23. The van der Waals surface area contributed by atoms with E-state index >= 15 is 0 Å². The molecule has 0 saturated carbocycles. The first-order valence-corrected chi connectivity index (χ1v) is 4.67. The van der Waals surface area contributed by atoms with Crippen molar-refractivity contribution in [1.82, 2.24) is 14.7 Å². The standard InChI is InChI=1S/C11H9N3O/c1-14-9-5-3-2-4-8(9)6-10(14)11-12-7-15-13-11/h2-7H,1H3. The SMILES string of the molecule is Cn1c(-c2ncon2)cc2ccccc21. The van der Waals surface area contributed by atoms with Crippen molar-refractivity contribution in [2.24, 2.45) is 7.05 Å². The third kappa shape index (κ3) is 1.15. The van der Waals surface area contributed by atoms with Crippen molar-refractivity contribution >= 4 is 10.9 Å². The van der Waals surface area contributed by atoms with Gasteiger partial charge in [-0.15, -0.1) is 0 Å². The maximum absolute atomic E-state index is 4.75. The maximum atomic E-state index is 4.75. The molecule has 4 heteroatoms. The van der Waals surface area contributed by atoms with Crippen LogP contribution in [0.15, 0.2) is 41.2 Å². The minimum atomic E-state index is 0.619. The van der Waals surface area contributed by atoms with Gasteiger partial charge in [0.2, 0.25) is 12.2 Å². The van der Waals surface area contributed by atoms with Crippen molar-refractivity contribution < 1.29 is 4.52 Å². The Balaban J connectivity index is 2.33. The van der Waals surface area contributed by atoms with Gasteiger partial charge in [0.15, 0.2) is 0 Å². The molecule has 3 aromatic rings. The van der Waals surface area contributed by atoms with Crippen LogP contribution in [0.5, 0.6) is 0 Å². The van der Waals surface area contributed by atoms with Gasteiger partial charge < -0.3 is 9.09 Å². The Hall–Kier alpha value is -2.10. The summed E-state index contributed by atoms with van der Waals surface area (Å²) in [5.74, 6) is 0.619. The number of hydrogen-bond acceptors (Lipinski definition) is 3. The van der Waals surface area contributed by atoms with Crippen molar-refractivity contribution in [1.29, 1.82) is 0 Å². The Morgan fingerprint density at radius 2 is 2.13 bits per heavy atom. The molecule has 0 fully saturated rings. The molecule has 0 saturated heterocycles. The lowest BCUT2D eigenvalue weighted by molar-refractivity contribution is 0.418. The van der Waals surface area contributed by atoms with Crippen LogP contribution < -0.4 is 0 Å². The zero-order chi connectivity index (χ0) is 10.3. The molecule has 0 radical (unpaired) electrons. The summed E-state index contributed by atoms with van der Waals surface area (Å²) >= 11 is 0. The number of hydrogen-bond donors (Lipinski definition) is 0. The Morgan fingerprint density at radius 1 is 1.27 bits per heavy atom. The molecule has 2 aromatic heterocycles. The highest BCUT2D eigenvalue weighted by Crippen LogP contribution is 2.24. The first-order valence-electron chi connectivity index (χ1n) is 4.67. The van der Waals surface area contributed by atoms with Gasteiger partial charge in [-0.25, -0.2) is 0 Å². The lowest BCUT2D eigenvalue weighted by atomic mass is 10.2. The van der Waals surface area contributed by atoms with Crippen molar-refractivity contribution in [3.05, 3.63) is 36.7 Å². The van der Waals surface area contributed by atoms with Crippen molar-refractivity contribution in [2.75, 3.05) is 0 Å². The van der Waals surface area contributed by atoms with Crippen LogP contribution in [-0.4, -0.2) is 14.7 Å². The Kier molecular flexibility index (Phi) is 1.62. The van der Waals surface area contributed by atoms with Gasteiger partial charge in [0.25, 0.3) is 0 Å². The number of nitrogens with zero attached hydrogens (tertiary/aromatic N) is 3. The molecule has 0 atom stereocenters. The Morgan fingerprint density at radius 3 is 2.87 bits per heavy atom. The zero-order valence-electron chi connectivity index (χ0n) is 8.21. The molecule has 0 aliphatic rings. The number of para-hydroxylation sites is 1. The summed E-state index contributed by atoms with van der Waals surface area (Å²) in [4.78, 5) is 4.04. The van der Waals surface area contributed by atoms with Crippen molar-refractivity contribution in [2.45, 2.75) is 0 Å². The predicted molar refractivity (Wildman–Crippen MR) is 56.2 cm³/mol. The number of rotatable bonds is 1. The summed E-state index contributed by atoms with van der Waals surface area (Å²) in [6, 6.07) is 10.2. The number of fused-ring (bicyclic) bond motifs is 1. The van der Waals surface area contributed by atoms with Gasteiger partial charge in [-0.2, -0.15) is 4.98 Å². The molecule has 0 unspecified atom stereocenters. The maximum Gasteiger partial charge on any atom is 0.218 e. The second-order valence-corrected chi connectivity index (χ2v) is 3.40. The number of aromatic nitrogens is 3. The Bertz CT molecular complexity index is 595. The number of aryl methyl sites for hydroxylation is 1. The van der Waals surface area contributed by atoms with Gasteiger partial charge in [-0.3, -0.25) is 0 Å². The summed E-state index contributed by atoms with van der Waals surface area (Å²) in [6.07, 6.45) is 1.34. The second-order valence-electron chi connectivity index (χ2n) is 3.40. The topological polar surface area (TPSA) is 43.9 Å². The molecule has 74 valence electrons. The normalized spacial score (nSPS) is 11.0. The van der Waals surface area contributed by atoms with E-state index in [9.17, 15) is 0 Å². The monoisotopic (exact) mass is 199 g/mol. The molecule has 0 spiro atoms. The van der Waals surface area contributed by atoms with E-state index in [1.165, 1.54) is 11.8 Å². The van der Waals surface area contributed by atoms with Crippen LogP contribution in [0, 0.1) is 0 Å². The van der Waals surface area contributed by atoms with E-state index in [2.05, 4.69) is 32.9 Å². The largest absolute Gasteiger partial charge is 0.342 e. The molecular weight excluding hydrogens is 190 g/mol. The smallest absolute Gasteiger partial charge is 0.218 e. The molecule has 0 N–H and O–H groups in total. The second kappa shape index (κ2) is 2.95. The molecule has 0 aliphatic carbocycles. The van der Waals surface area contributed by atoms with Gasteiger partial charge in [-0.05, 0) is 12.1 Å². The molecule has 0 bridgehead atoms. The predicted octanol–water partition coefficient (Wildman–Crippen LogP) is 2.23. The highest BCUT2D eigenvalue weighted by Gasteiger charge is 2.10. The lowest BCUT2D eigenvalue weighted by Crippen LogP contribution is -1.91. The minimum absolute atomic E-state index is 0.619. The fourth-order valence-electron chi connectivity index (χ4n) is 1.79. The van der Waals surface area contributed by atoms with Gasteiger partial charge in [0, 0.05) is 18.0 Å². The van der Waals surface area contributed by atoms with E-state index in [-0.39, 0.29) is 0 Å². The fraction of sp³-hybridized carbons (Fsp3) is 0.0909. The van der Waals surface area contributed by atoms with E-state index in [0.29, 0.717) is 5.82 Å². The molecule has 2 heterocycles. The van der Waals surface area contributed by atoms with Gasteiger partial charge in [-0.1, -0.05) is 23.4 Å². The highest BCUT2D eigenvalue weighted by atomic mass is 16.5. The average Bonchev–Trinajstić information content (AvgIpc) is 2.87. The summed E-state index contributed by atoms with van der Waals surface area (Å²) in [5, 5.41) is 5.02. The van der Waals surface area contributed by atoms with Crippen molar-refractivity contribution in [3.63, 3.8) is 0 Å². The molecule has 0 aliphatic heterocycles. The van der Waals surface area contributed by atoms with Gasteiger partial charge in [0.05, 0.1) is 5.69 Å². The van der Waals surface area contributed by atoms with E-state index in [1.54, 1.807) is 0 Å². The van der Waals surface area contributed by atoms with Crippen LogP contribution in [0.4, 0.5) is 0 Å². The molecule has 3 rings (SSSR count).